The third-order valence-electron chi connectivity index (χ3n) is 4.28. The molecule has 3 aromatic rings. The van der Waals surface area contributed by atoms with Crippen LogP contribution in [0.4, 0.5) is 10.5 Å². The summed E-state index contributed by atoms with van der Waals surface area (Å²) in [5.41, 5.74) is 0.895. The maximum absolute atomic E-state index is 13.0. The Kier molecular flexibility index (Phi) is 6.12. The fraction of sp³-hybridized carbons (Fsp3) is 0.261. The molecule has 0 fully saturated rings. The highest BCUT2D eigenvalue weighted by molar-refractivity contribution is 5.98. The van der Waals surface area contributed by atoms with Crippen molar-refractivity contribution in [3.05, 3.63) is 72.6 Å². The first kappa shape index (κ1) is 20.3. The number of hydrogen-bond acceptors (Lipinski definition) is 4. The molecule has 6 nitrogen and oxygen atoms in total. The van der Waals surface area contributed by atoms with Gasteiger partial charge in [0.2, 0.25) is 5.91 Å². The molecule has 2 aromatic carbocycles. The Balaban J connectivity index is 1.75. The second-order valence-corrected chi connectivity index (χ2v) is 7.77. The van der Waals surface area contributed by atoms with Crippen molar-refractivity contribution in [3.63, 3.8) is 0 Å². The predicted octanol–water partition coefficient (Wildman–Crippen LogP) is 4.48. The fourth-order valence-corrected chi connectivity index (χ4v) is 2.94. The van der Waals surface area contributed by atoms with Crippen molar-refractivity contribution >= 4 is 28.5 Å². The van der Waals surface area contributed by atoms with E-state index in [1.165, 1.54) is 0 Å². The van der Waals surface area contributed by atoms with E-state index in [9.17, 15) is 9.59 Å². The minimum atomic E-state index is -0.603. The van der Waals surface area contributed by atoms with Crippen molar-refractivity contribution in [2.24, 2.45) is 0 Å². The van der Waals surface area contributed by atoms with Crippen LogP contribution in [-0.2, 0) is 9.53 Å². The Morgan fingerprint density at radius 3 is 2.52 bits per heavy atom. The molecule has 1 heterocycles. The van der Waals surface area contributed by atoms with Gasteiger partial charge in [-0.1, -0.05) is 36.4 Å². The highest BCUT2D eigenvalue weighted by atomic mass is 16.6. The van der Waals surface area contributed by atoms with Gasteiger partial charge in [-0.2, -0.15) is 0 Å². The Morgan fingerprint density at radius 1 is 1.03 bits per heavy atom. The van der Waals surface area contributed by atoms with Gasteiger partial charge < -0.3 is 15.4 Å². The van der Waals surface area contributed by atoms with Crippen LogP contribution >= 0.6 is 0 Å². The molecule has 0 spiro atoms. The first-order chi connectivity index (χ1) is 13.8. The minimum absolute atomic E-state index is 0.127. The van der Waals surface area contributed by atoms with Gasteiger partial charge in [0.05, 0.1) is 5.92 Å². The summed E-state index contributed by atoms with van der Waals surface area (Å²) in [6, 6.07) is 16.9. The monoisotopic (exact) mass is 391 g/mol. The lowest BCUT2D eigenvalue weighted by Gasteiger charge is -2.22. The maximum Gasteiger partial charge on any atom is 0.407 e. The van der Waals surface area contributed by atoms with Gasteiger partial charge in [0.1, 0.15) is 5.60 Å². The second kappa shape index (κ2) is 8.73. The summed E-state index contributed by atoms with van der Waals surface area (Å²) in [5, 5.41) is 7.64. The molecule has 2 N–H and O–H groups in total. The van der Waals surface area contributed by atoms with E-state index < -0.39 is 17.6 Å². The molecule has 0 aliphatic rings. The number of rotatable bonds is 5. The summed E-state index contributed by atoms with van der Waals surface area (Å²) >= 11 is 0. The molecular weight excluding hydrogens is 366 g/mol. The topological polar surface area (TPSA) is 80.3 Å². The first-order valence-corrected chi connectivity index (χ1v) is 9.48. The number of benzene rings is 2. The van der Waals surface area contributed by atoms with Crippen LogP contribution in [0.5, 0.6) is 0 Å². The summed E-state index contributed by atoms with van der Waals surface area (Å²) in [6.07, 6.45) is 2.94. The van der Waals surface area contributed by atoms with Crippen molar-refractivity contribution in [1.29, 1.82) is 0 Å². The SMILES string of the molecule is CC(C)(C)OC(=O)NCC(C(=O)Nc1ccc2cnccc2c1)c1ccccc1. The Morgan fingerprint density at radius 2 is 1.79 bits per heavy atom. The second-order valence-electron chi connectivity index (χ2n) is 7.77. The van der Waals surface area contributed by atoms with Crippen LogP contribution in [0.2, 0.25) is 0 Å². The van der Waals surface area contributed by atoms with Crippen LogP contribution in [-0.4, -0.2) is 29.1 Å². The number of nitrogens with zero attached hydrogens (tertiary/aromatic N) is 1. The van der Waals surface area contributed by atoms with Gasteiger partial charge in [-0.05, 0) is 49.9 Å². The van der Waals surface area contributed by atoms with Crippen LogP contribution in [0.3, 0.4) is 0 Å². The number of anilines is 1. The van der Waals surface area contributed by atoms with Crippen LogP contribution in [0.15, 0.2) is 67.0 Å². The maximum atomic E-state index is 13.0. The van der Waals surface area contributed by atoms with E-state index in [2.05, 4.69) is 15.6 Å². The average Bonchev–Trinajstić information content (AvgIpc) is 2.67. The van der Waals surface area contributed by atoms with Crippen molar-refractivity contribution in [3.8, 4) is 0 Å². The molecule has 6 heteroatoms. The summed E-state index contributed by atoms with van der Waals surface area (Å²) in [5.74, 6) is -0.766. The van der Waals surface area contributed by atoms with Gasteiger partial charge in [0, 0.05) is 30.0 Å². The number of fused-ring (bicyclic) bond motifs is 1. The summed E-state index contributed by atoms with van der Waals surface area (Å²) in [7, 11) is 0. The minimum Gasteiger partial charge on any atom is -0.444 e. The Hall–Kier alpha value is -3.41. The molecule has 1 atom stereocenters. The van der Waals surface area contributed by atoms with E-state index in [-0.39, 0.29) is 12.5 Å². The first-order valence-electron chi connectivity index (χ1n) is 9.48. The number of alkyl carbamates (subject to hydrolysis) is 1. The van der Waals surface area contributed by atoms with Crippen LogP contribution in [0.1, 0.15) is 32.3 Å². The molecule has 1 aromatic heterocycles. The highest BCUT2D eigenvalue weighted by Gasteiger charge is 2.23. The van der Waals surface area contributed by atoms with Crippen molar-refractivity contribution < 1.29 is 14.3 Å². The Labute approximate surface area is 170 Å². The van der Waals surface area contributed by atoms with Crippen LogP contribution < -0.4 is 10.6 Å². The number of amides is 2. The summed E-state index contributed by atoms with van der Waals surface area (Å²) in [4.78, 5) is 29.2. The van der Waals surface area contributed by atoms with E-state index >= 15 is 0 Å². The molecule has 3 rings (SSSR count). The number of nitrogens with one attached hydrogen (secondary N) is 2. The Bertz CT molecular complexity index is 997. The molecule has 150 valence electrons. The third kappa shape index (κ3) is 5.78. The number of aromatic nitrogens is 1. The number of ether oxygens (including phenoxy) is 1. The molecule has 0 bridgehead atoms. The van der Waals surface area contributed by atoms with Gasteiger partial charge in [-0.3, -0.25) is 9.78 Å². The standard InChI is InChI=1S/C23H25N3O3/c1-23(2,3)29-22(28)25-15-20(16-7-5-4-6-8-16)21(27)26-19-10-9-18-14-24-12-11-17(18)13-19/h4-14,20H,15H2,1-3H3,(H,25,28)(H,26,27). The quantitative estimate of drug-likeness (QED) is 0.672. The number of carbonyl (C=O) groups excluding carboxylic acids is 2. The molecule has 0 saturated heterocycles. The molecule has 0 saturated carbocycles. The van der Waals surface area contributed by atoms with Crippen LogP contribution in [0.25, 0.3) is 10.8 Å². The summed E-state index contributed by atoms with van der Waals surface area (Å²) in [6.45, 7) is 5.51. The van der Waals surface area contributed by atoms with Gasteiger partial charge in [0.25, 0.3) is 0 Å². The number of carbonyl (C=O) groups is 2. The zero-order valence-corrected chi connectivity index (χ0v) is 16.8. The summed E-state index contributed by atoms with van der Waals surface area (Å²) < 4.78 is 5.28. The van der Waals surface area contributed by atoms with E-state index in [0.717, 1.165) is 16.3 Å². The van der Waals surface area contributed by atoms with E-state index in [0.29, 0.717) is 5.69 Å². The van der Waals surface area contributed by atoms with Gasteiger partial charge in [0.15, 0.2) is 0 Å². The van der Waals surface area contributed by atoms with Crippen molar-refractivity contribution in [2.75, 3.05) is 11.9 Å². The normalized spacial score (nSPS) is 12.2. The average molecular weight is 391 g/mol. The molecule has 0 aliphatic carbocycles. The van der Waals surface area contributed by atoms with Crippen molar-refractivity contribution in [2.45, 2.75) is 32.3 Å². The van der Waals surface area contributed by atoms with Gasteiger partial charge in [-0.25, -0.2) is 4.79 Å². The lowest BCUT2D eigenvalue weighted by molar-refractivity contribution is -0.117. The predicted molar refractivity (Wildman–Crippen MR) is 114 cm³/mol. The van der Waals surface area contributed by atoms with Gasteiger partial charge in [-0.15, -0.1) is 0 Å². The largest absolute Gasteiger partial charge is 0.444 e. The number of pyridine rings is 1. The van der Waals surface area contributed by atoms with E-state index in [1.807, 2.05) is 54.6 Å². The molecule has 1 unspecified atom stereocenters. The van der Waals surface area contributed by atoms with E-state index in [1.54, 1.807) is 33.2 Å². The molecule has 0 aliphatic heterocycles. The lowest BCUT2D eigenvalue weighted by Crippen LogP contribution is -2.37. The van der Waals surface area contributed by atoms with E-state index in [4.69, 9.17) is 4.74 Å². The molecule has 29 heavy (non-hydrogen) atoms. The van der Waals surface area contributed by atoms with Gasteiger partial charge >= 0.3 is 6.09 Å². The molecule has 0 radical (unpaired) electrons. The zero-order chi connectivity index (χ0) is 20.9. The lowest BCUT2D eigenvalue weighted by atomic mass is 9.98. The zero-order valence-electron chi connectivity index (χ0n) is 16.8. The van der Waals surface area contributed by atoms with Crippen LogP contribution in [0, 0.1) is 0 Å². The molecule has 2 amide bonds. The number of hydrogen-bond donors (Lipinski definition) is 2. The smallest absolute Gasteiger partial charge is 0.407 e. The van der Waals surface area contributed by atoms with Crippen molar-refractivity contribution in [1.82, 2.24) is 10.3 Å². The molecular formula is C23H25N3O3. The fourth-order valence-electron chi connectivity index (χ4n) is 2.94. The highest BCUT2D eigenvalue weighted by Crippen LogP contribution is 2.21. The third-order valence-corrected chi connectivity index (χ3v) is 4.28.